The number of pyridine rings is 1. The van der Waals surface area contributed by atoms with Crippen molar-refractivity contribution in [3.05, 3.63) is 95.7 Å². The molecular weight excluding hydrogens is 494 g/mol. The van der Waals surface area contributed by atoms with Gasteiger partial charge in [0.2, 0.25) is 0 Å². The van der Waals surface area contributed by atoms with Crippen LogP contribution in [0, 0.1) is 0 Å². The SMILES string of the molecule is CC(C)c1cccc(C(C)C)c1N=Cc1cccc(-c2cccc3ccccc23)n1.[Cl][Co][Cl]. The van der Waals surface area contributed by atoms with Crippen LogP contribution in [0.1, 0.15) is 56.4 Å². The van der Waals surface area contributed by atoms with Gasteiger partial charge in [-0.3, -0.25) is 4.99 Å². The molecule has 0 bridgehead atoms. The second-order valence-electron chi connectivity index (χ2n) is 8.37. The number of para-hydroxylation sites is 1. The molecule has 0 aliphatic rings. The second kappa shape index (κ2) is 12.3. The van der Waals surface area contributed by atoms with Crippen LogP contribution in [0.2, 0.25) is 0 Å². The molecule has 0 aliphatic heterocycles. The number of aliphatic imine (C=N–C) groups is 1. The fourth-order valence-electron chi connectivity index (χ4n) is 3.91. The molecule has 4 rings (SSSR count). The average molecular weight is 522 g/mol. The standard InChI is InChI=1S/C28H28N2.2ClH.Co/c1-19(2)23-14-9-15-24(20(3)4)28(23)29-18-22-12-8-17-27(30-22)26-16-7-11-21-10-5-6-13-25(21)26;;;/h5-20H,1-4H3;2*1H;/q;;;+2/p-2. The first-order valence-electron chi connectivity index (χ1n) is 10.9. The summed E-state index contributed by atoms with van der Waals surface area (Å²) in [7, 11) is 9.47. The van der Waals surface area contributed by atoms with Crippen molar-refractivity contribution in [2.24, 2.45) is 4.99 Å². The maximum absolute atomic E-state index is 4.93. The molecule has 0 radical (unpaired) electrons. The summed E-state index contributed by atoms with van der Waals surface area (Å²) in [6.45, 7) is 8.88. The first-order valence-corrected chi connectivity index (χ1v) is 13.8. The Bertz CT molecular complexity index is 1200. The molecule has 0 N–H and O–H groups in total. The van der Waals surface area contributed by atoms with Crippen LogP contribution in [-0.2, 0) is 12.9 Å². The van der Waals surface area contributed by atoms with Gasteiger partial charge in [-0.05, 0) is 45.9 Å². The Kier molecular flexibility index (Phi) is 9.51. The summed E-state index contributed by atoms with van der Waals surface area (Å²) in [4.78, 5) is 9.84. The summed E-state index contributed by atoms with van der Waals surface area (Å²) in [5.74, 6) is 0.844. The van der Waals surface area contributed by atoms with Gasteiger partial charge in [0.15, 0.2) is 0 Å². The van der Waals surface area contributed by atoms with Crippen LogP contribution in [0.25, 0.3) is 22.0 Å². The van der Waals surface area contributed by atoms with Crippen LogP contribution in [0.4, 0.5) is 5.69 Å². The van der Waals surface area contributed by atoms with Gasteiger partial charge in [-0.1, -0.05) is 94.4 Å². The van der Waals surface area contributed by atoms with Crippen LogP contribution in [-0.4, -0.2) is 11.2 Å². The fraction of sp³-hybridized carbons (Fsp3) is 0.214. The zero-order chi connectivity index (χ0) is 23.8. The van der Waals surface area contributed by atoms with Crippen LogP contribution in [0.3, 0.4) is 0 Å². The van der Waals surface area contributed by atoms with Gasteiger partial charge >= 0.3 is 33.2 Å². The number of halogens is 2. The molecular formula is C28H28Cl2CoN2. The molecule has 0 spiro atoms. The molecule has 33 heavy (non-hydrogen) atoms. The number of hydrogen-bond acceptors (Lipinski definition) is 2. The Morgan fingerprint density at radius 3 is 2.00 bits per heavy atom. The quantitative estimate of drug-likeness (QED) is 0.240. The van der Waals surface area contributed by atoms with Crippen molar-refractivity contribution < 1.29 is 12.9 Å². The van der Waals surface area contributed by atoms with Gasteiger partial charge < -0.3 is 0 Å². The topological polar surface area (TPSA) is 25.2 Å². The summed E-state index contributed by atoms with van der Waals surface area (Å²) < 4.78 is 0. The molecule has 4 aromatic rings. The summed E-state index contributed by atoms with van der Waals surface area (Å²) in [6.07, 6.45) is 1.90. The molecule has 173 valence electrons. The number of aromatic nitrogens is 1. The van der Waals surface area contributed by atoms with Crippen molar-refractivity contribution in [3.63, 3.8) is 0 Å². The van der Waals surface area contributed by atoms with Crippen LogP contribution in [0.5, 0.6) is 0 Å². The van der Waals surface area contributed by atoms with Crippen molar-refractivity contribution in [1.29, 1.82) is 0 Å². The zero-order valence-electron chi connectivity index (χ0n) is 19.2. The molecule has 0 saturated heterocycles. The number of benzene rings is 3. The molecule has 0 amide bonds. The Labute approximate surface area is 211 Å². The van der Waals surface area contributed by atoms with Crippen LogP contribution in [0.15, 0.2) is 83.9 Å². The predicted octanol–water partition coefficient (Wildman–Crippen LogP) is 9.28. The molecule has 3 aromatic carbocycles. The Morgan fingerprint density at radius 1 is 0.758 bits per heavy atom. The van der Waals surface area contributed by atoms with E-state index in [0.717, 1.165) is 22.6 Å². The van der Waals surface area contributed by atoms with E-state index in [4.69, 9.17) is 30.3 Å². The summed E-state index contributed by atoms with van der Waals surface area (Å²) in [5.41, 5.74) is 6.63. The van der Waals surface area contributed by atoms with Crippen molar-refractivity contribution in [1.82, 2.24) is 4.98 Å². The minimum absolute atomic E-state index is 0.382. The van der Waals surface area contributed by atoms with Gasteiger partial charge in [0.05, 0.1) is 23.3 Å². The van der Waals surface area contributed by atoms with Gasteiger partial charge in [0.1, 0.15) is 0 Å². The van der Waals surface area contributed by atoms with Crippen LogP contribution >= 0.6 is 20.3 Å². The number of nitrogens with zero attached hydrogens (tertiary/aromatic N) is 2. The van der Waals surface area contributed by atoms with Gasteiger partial charge in [-0.15, -0.1) is 0 Å². The minimum atomic E-state index is 0.382. The van der Waals surface area contributed by atoms with E-state index in [1.165, 1.54) is 21.9 Å². The molecule has 0 saturated carbocycles. The molecule has 0 unspecified atom stereocenters. The van der Waals surface area contributed by atoms with Gasteiger partial charge in [-0.2, -0.15) is 0 Å². The Hall–Kier alpha value is -2.17. The third-order valence-corrected chi connectivity index (χ3v) is 5.50. The average Bonchev–Trinajstić information content (AvgIpc) is 2.82. The van der Waals surface area contributed by atoms with E-state index in [9.17, 15) is 0 Å². The van der Waals surface area contributed by atoms with Crippen LogP contribution < -0.4 is 0 Å². The molecule has 2 nitrogen and oxygen atoms in total. The third-order valence-electron chi connectivity index (χ3n) is 5.50. The third kappa shape index (κ3) is 6.45. The van der Waals surface area contributed by atoms with E-state index in [1.54, 1.807) is 0 Å². The predicted molar refractivity (Wildman–Crippen MR) is 141 cm³/mol. The molecule has 1 aromatic heterocycles. The molecule has 0 atom stereocenters. The maximum atomic E-state index is 4.93. The van der Waals surface area contributed by atoms with Gasteiger partial charge in [0.25, 0.3) is 0 Å². The normalized spacial score (nSPS) is 11.4. The number of fused-ring (bicyclic) bond motifs is 1. The first kappa shape index (κ1) is 25.4. The van der Waals surface area contributed by atoms with E-state index in [1.807, 2.05) is 12.3 Å². The first-order chi connectivity index (χ1) is 16.0. The summed E-state index contributed by atoms with van der Waals surface area (Å²) >= 11 is 0.382. The molecule has 1 heterocycles. The summed E-state index contributed by atoms with van der Waals surface area (Å²) in [5, 5.41) is 2.44. The van der Waals surface area contributed by atoms with E-state index in [2.05, 4.69) is 100 Å². The van der Waals surface area contributed by atoms with Crippen molar-refractivity contribution in [2.75, 3.05) is 0 Å². The Morgan fingerprint density at radius 2 is 1.33 bits per heavy atom. The molecule has 0 aliphatic carbocycles. The monoisotopic (exact) mass is 521 g/mol. The molecule has 5 heteroatoms. The second-order valence-corrected chi connectivity index (χ2v) is 10.1. The van der Waals surface area contributed by atoms with E-state index in [0.29, 0.717) is 24.7 Å². The molecule has 0 fully saturated rings. The number of rotatable bonds is 5. The van der Waals surface area contributed by atoms with Gasteiger partial charge in [-0.25, -0.2) is 4.98 Å². The summed E-state index contributed by atoms with van der Waals surface area (Å²) in [6, 6.07) is 27.5. The number of hydrogen-bond donors (Lipinski definition) is 0. The van der Waals surface area contributed by atoms with Crippen molar-refractivity contribution in [2.45, 2.75) is 39.5 Å². The van der Waals surface area contributed by atoms with E-state index >= 15 is 0 Å². The van der Waals surface area contributed by atoms with Crippen molar-refractivity contribution in [3.8, 4) is 11.3 Å². The van der Waals surface area contributed by atoms with E-state index < -0.39 is 0 Å². The van der Waals surface area contributed by atoms with E-state index in [-0.39, 0.29) is 0 Å². The zero-order valence-corrected chi connectivity index (χ0v) is 21.8. The van der Waals surface area contributed by atoms with Crippen molar-refractivity contribution >= 4 is 43.0 Å². The van der Waals surface area contributed by atoms with Gasteiger partial charge in [0, 0.05) is 5.56 Å². The Balaban J connectivity index is 0.000000968. The fourth-order valence-corrected chi connectivity index (χ4v) is 3.91.